The molecule has 0 bridgehead atoms. The number of benzene rings is 1. The molecule has 1 aromatic carbocycles. The van der Waals surface area contributed by atoms with E-state index in [9.17, 15) is 14.0 Å². The van der Waals surface area contributed by atoms with E-state index < -0.39 is 23.7 Å². The van der Waals surface area contributed by atoms with Crippen LogP contribution in [0.5, 0.6) is 0 Å². The van der Waals surface area contributed by atoms with Crippen molar-refractivity contribution in [3.63, 3.8) is 0 Å². The Morgan fingerprint density at radius 2 is 2.20 bits per heavy atom. The number of carboxylic acids is 1. The number of hydrogen-bond donors (Lipinski definition) is 2. The molecule has 7 heteroatoms. The predicted octanol–water partition coefficient (Wildman–Crippen LogP) is 2.81. The second kappa shape index (κ2) is 6.09. The lowest BCUT2D eigenvalue weighted by atomic mass is 9.99. The van der Waals surface area contributed by atoms with Crippen molar-refractivity contribution in [3.8, 4) is 0 Å². The highest BCUT2D eigenvalue weighted by atomic mass is 35.5. The quantitative estimate of drug-likeness (QED) is 0.882. The number of nitrogens with one attached hydrogen (secondary N) is 1. The summed E-state index contributed by atoms with van der Waals surface area (Å²) in [7, 11) is 0. The molecule has 2 amide bonds. The van der Waals surface area contributed by atoms with Gasteiger partial charge in [0.25, 0.3) is 0 Å². The molecule has 20 heavy (non-hydrogen) atoms. The van der Waals surface area contributed by atoms with Gasteiger partial charge < -0.3 is 15.3 Å². The number of nitrogens with zero attached hydrogens (tertiary/aromatic N) is 1. The molecule has 5 nitrogen and oxygen atoms in total. The van der Waals surface area contributed by atoms with E-state index in [0.717, 1.165) is 6.07 Å². The lowest BCUT2D eigenvalue weighted by Gasteiger charge is -2.30. The Balaban J connectivity index is 2.02. The molecule has 2 rings (SSSR count). The molecule has 108 valence electrons. The van der Waals surface area contributed by atoms with Crippen LogP contribution in [0.1, 0.15) is 12.8 Å². The number of carbonyl (C=O) groups is 2. The molecule has 2 N–H and O–H groups in total. The molecule has 1 fully saturated rings. The van der Waals surface area contributed by atoms with Gasteiger partial charge in [-0.15, -0.1) is 0 Å². The summed E-state index contributed by atoms with van der Waals surface area (Å²) in [6, 6.07) is 3.24. The van der Waals surface area contributed by atoms with Crippen LogP contribution in [0.25, 0.3) is 0 Å². The highest BCUT2D eigenvalue weighted by Crippen LogP contribution is 2.24. The van der Waals surface area contributed by atoms with Crippen LogP contribution in [0.3, 0.4) is 0 Å². The molecule has 1 atom stereocenters. The van der Waals surface area contributed by atoms with Crippen LogP contribution in [0.2, 0.25) is 5.02 Å². The van der Waals surface area contributed by atoms with Gasteiger partial charge in [-0.25, -0.2) is 9.18 Å². The lowest BCUT2D eigenvalue weighted by molar-refractivity contribution is -0.143. The van der Waals surface area contributed by atoms with Crippen molar-refractivity contribution in [3.05, 3.63) is 29.0 Å². The van der Waals surface area contributed by atoms with E-state index in [2.05, 4.69) is 5.32 Å². The zero-order valence-electron chi connectivity index (χ0n) is 10.6. The minimum atomic E-state index is -0.901. The summed E-state index contributed by atoms with van der Waals surface area (Å²) >= 11 is 5.82. The third kappa shape index (κ3) is 3.39. The highest BCUT2D eigenvalue weighted by molar-refractivity contribution is 6.33. The van der Waals surface area contributed by atoms with E-state index in [1.807, 2.05) is 0 Å². The van der Waals surface area contributed by atoms with Crippen LogP contribution in [0, 0.1) is 11.7 Å². The third-order valence-electron chi connectivity index (χ3n) is 3.23. The summed E-state index contributed by atoms with van der Waals surface area (Å²) in [5.74, 6) is -1.93. The van der Waals surface area contributed by atoms with Gasteiger partial charge in [-0.1, -0.05) is 11.6 Å². The maximum Gasteiger partial charge on any atom is 0.321 e. The van der Waals surface area contributed by atoms with E-state index in [0.29, 0.717) is 25.1 Å². The predicted molar refractivity (Wildman–Crippen MR) is 72.4 cm³/mol. The van der Waals surface area contributed by atoms with Gasteiger partial charge >= 0.3 is 12.0 Å². The molecule has 0 unspecified atom stereocenters. The van der Waals surface area contributed by atoms with Gasteiger partial charge in [0.05, 0.1) is 16.6 Å². The molecule has 0 aromatic heterocycles. The van der Waals surface area contributed by atoms with Crippen LogP contribution in [0.4, 0.5) is 14.9 Å². The standard InChI is InChI=1S/C13H14ClFN2O3/c14-10-6-9(15)3-4-11(10)16-13(20)17-5-1-2-8(7-17)12(18)19/h3-4,6,8H,1-2,5,7H2,(H,16,20)(H,18,19)/t8-/m0/s1. The van der Waals surface area contributed by atoms with E-state index in [1.165, 1.54) is 17.0 Å². The van der Waals surface area contributed by atoms with Crippen molar-refractivity contribution in [1.82, 2.24) is 4.90 Å². The molecule has 1 saturated heterocycles. The Bertz CT molecular complexity index is 538. The average Bonchev–Trinajstić information content (AvgIpc) is 2.42. The number of rotatable bonds is 2. The first kappa shape index (κ1) is 14.6. The van der Waals surface area contributed by atoms with Crippen molar-refractivity contribution in [1.29, 1.82) is 0 Å². The summed E-state index contributed by atoms with van der Waals surface area (Å²) in [5, 5.41) is 11.6. The fourth-order valence-corrected chi connectivity index (χ4v) is 2.36. The van der Waals surface area contributed by atoms with E-state index >= 15 is 0 Å². The number of anilines is 1. The van der Waals surface area contributed by atoms with Crippen LogP contribution >= 0.6 is 11.6 Å². The Kier molecular flexibility index (Phi) is 4.44. The Morgan fingerprint density at radius 3 is 2.85 bits per heavy atom. The molecule has 1 aromatic rings. The Hall–Kier alpha value is -1.82. The van der Waals surface area contributed by atoms with Gasteiger partial charge in [-0.2, -0.15) is 0 Å². The van der Waals surface area contributed by atoms with Gasteiger partial charge in [0.2, 0.25) is 0 Å². The van der Waals surface area contributed by atoms with Crippen molar-refractivity contribution in [2.75, 3.05) is 18.4 Å². The molecule has 1 aliphatic heterocycles. The van der Waals surface area contributed by atoms with Gasteiger partial charge in [-0.05, 0) is 31.0 Å². The van der Waals surface area contributed by atoms with Crippen molar-refractivity contribution < 1.29 is 19.1 Å². The average molecular weight is 301 g/mol. The monoisotopic (exact) mass is 300 g/mol. The van der Waals surface area contributed by atoms with Crippen LogP contribution in [-0.2, 0) is 4.79 Å². The van der Waals surface area contributed by atoms with Crippen LogP contribution in [0.15, 0.2) is 18.2 Å². The second-order valence-corrected chi connectivity index (χ2v) is 5.08. The summed E-state index contributed by atoms with van der Waals surface area (Å²) < 4.78 is 12.9. The van der Waals surface area contributed by atoms with Crippen LogP contribution in [-0.4, -0.2) is 35.1 Å². The van der Waals surface area contributed by atoms with Gasteiger partial charge in [0.1, 0.15) is 5.82 Å². The Labute approximate surface area is 120 Å². The second-order valence-electron chi connectivity index (χ2n) is 4.68. The number of amides is 2. The van der Waals surface area contributed by atoms with E-state index in [4.69, 9.17) is 16.7 Å². The molecular weight excluding hydrogens is 287 g/mol. The number of halogens is 2. The maximum atomic E-state index is 12.9. The van der Waals surface area contributed by atoms with E-state index in [1.54, 1.807) is 0 Å². The van der Waals surface area contributed by atoms with Gasteiger partial charge in [0, 0.05) is 13.1 Å². The van der Waals surface area contributed by atoms with Crippen LogP contribution < -0.4 is 5.32 Å². The molecule has 0 saturated carbocycles. The molecular formula is C13H14ClFN2O3. The summed E-state index contributed by atoms with van der Waals surface area (Å²) in [5.41, 5.74) is 0.301. The lowest BCUT2D eigenvalue weighted by Crippen LogP contribution is -2.44. The van der Waals surface area contributed by atoms with Crippen molar-refractivity contribution in [2.24, 2.45) is 5.92 Å². The number of piperidine rings is 1. The fourth-order valence-electron chi connectivity index (χ4n) is 2.15. The molecule has 0 aliphatic carbocycles. The maximum absolute atomic E-state index is 12.9. The molecule has 1 heterocycles. The highest BCUT2D eigenvalue weighted by Gasteiger charge is 2.28. The summed E-state index contributed by atoms with van der Waals surface area (Å²) in [4.78, 5) is 24.4. The first-order chi connectivity index (χ1) is 9.47. The normalized spacial score (nSPS) is 18.7. The topological polar surface area (TPSA) is 69.6 Å². The zero-order valence-corrected chi connectivity index (χ0v) is 11.4. The number of urea groups is 1. The van der Waals surface area contributed by atoms with Gasteiger partial charge in [-0.3, -0.25) is 4.79 Å². The Morgan fingerprint density at radius 1 is 1.45 bits per heavy atom. The third-order valence-corrected chi connectivity index (χ3v) is 3.54. The number of hydrogen-bond acceptors (Lipinski definition) is 2. The molecule has 1 aliphatic rings. The zero-order chi connectivity index (χ0) is 14.7. The van der Waals surface area contributed by atoms with E-state index in [-0.39, 0.29) is 11.6 Å². The minimum absolute atomic E-state index is 0.102. The first-order valence-corrected chi connectivity index (χ1v) is 6.59. The van der Waals surface area contributed by atoms with Gasteiger partial charge in [0.15, 0.2) is 0 Å². The smallest absolute Gasteiger partial charge is 0.321 e. The summed E-state index contributed by atoms with van der Waals surface area (Å²) in [6.07, 6.45) is 1.21. The van der Waals surface area contributed by atoms with Crippen molar-refractivity contribution >= 4 is 29.3 Å². The fraction of sp³-hybridized carbons (Fsp3) is 0.385. The summed E-state index contributed by atoms with van der Waals surface area (Å²) in [6.45, 7) is 0.661. The minimum Gasteiger partial charge on any atom is -0.481 e. The largest absolute Gasteiger partial charge is 0.481 e. The molecule has 0 spiro atoms. The first-order valence-electron chi connectivity index (χ1n) is 6.21. The van der Waals surface area contributed by atoms with Crippen molar-refractivity contribution in [2.45, 2.75) is 12.8 Å². The SMILES string of the molecule is O=C(O)[C@H]1CCCN(C(=O)Nc2ccc(F)cc2Cl)C1. The number of likely N-dealkylation sites (tertiary alicyclic amines) is 1. The number of aliphatic carboxylic acids is 1. The molecule has 0 radical (unpaired) electrons. The number of carbonyl (C=O) groups excluding carboxylic acids is 1. The number of carboxylic acid groups (broad SMARTS) is 1.